The molecule has 0 spiro atoms. The first-order chi connectivity index (χ1) is 13.9. The number of carbonyl (C=O) groups is 1. The highest BCUT2D eigenvalue weighted by molar-refractivity contribution is 7.07. The molecule has 1 unspecified atom stereocenters. The van der Waals surface area contributed by atoms with Gasteiger partial charge in [-0.3, -0.25) is 4.79 Å². The summed E-state index contributed by atoms with van der Waals surface area (Å²) in [4.78, 5) is 17.6. The fourth-order valence-corrected chi connectivity index (χ4v) is 4.61. The molecular formula is C23H25N3O2S. The third kappa shape index (κ3) is 3.98. The van der Waals surface area contributed by atoms with Crippen LogP contribution in [0.1, 0.15) is 37.4 Å². The average Bonchev–Trinajstić information content (AvgIpc) is 3.09. The van der Waals surface area contributed by atoms with Gasteiger partial charge in [0, 0.05) is 17.0 Å². The first kappa shape index (κ1) is 19.5. The summed E-state index contributed by atoms with van der Waals surface area (Å²) in [6, 6.07) is 12.6. The largest absolute Gasteiger partial charge is 0.482 e. The minimum Gasteiger partial charge on any atom is -0.482 e. The van der Waals surface area contributed by atoms with E-state index in [4.69, 9.17) is 9.73 Å². The number of rotatable bonds is 4. The lowest BCUT2D eigenvalue weighted by molar-refractivity contribution is -0.118. The zero-order chi connectivity index (χ0) is 20.5. The van der Waals surface area contributed by atoms with Gasteiger partial charge in [-0.25, -0.2) is 4.99 Å². The average molecular weight is 408 g/mol. The van der Waals surface area contributed by atoms with Gasteiger partial charge >= 0.3 is 0 Å². The van der Waals surface area contributed by atoms with Crippen molar-refractivity contribution in [3.63, 3.8) is 0 Å². The summed E-state index contributed by atoms with van der Waals surface area (Å²) >= 11 is 1.64. The molecule has 1 amide bonds. The molecule has 2 aromatic carbocycles. The van der Waals surface area contributed by atoms with Crippen LogP contribution in [0.25, 0.3) is 11.3 Å². The monoisotopic (exact) mass is 407 g/mol. The van der Waals surface area contributed by atoms with Crippen molar-refractivity contribution in [2.75, 3.05) is 11.9 Å². The number of nitrogens with one attached hydrogen (secondary N) is 1. The van der Waals surface area contributed by atoms with Crippen LogP contribution in [-0.4, -0.2) is 17.1 Å². The number of thiazole rings is 1. The fourth-order valence-electron chi connectivity index (χ4n) is 3.59. The van der Waals surface area contributed by atoms with E-state index in [9.17, 15) is 4.79 Å². The molecule has 2 heterocycles. The zero-order valence-electron chi connectivity index (χ0n) is 17.2. The van der Waals surface area contributed by atoms with Crippen LogP contribution < -0.4 is 14.9 Å². The Morgan fingerprint density at radius 2 is 1.97 bits per heavy atom. The van der Waals surface area contributed by atoms with Gasteiger partial charge in [0.15, 0.2) is 11.4 Å². The number of ether oxygens (including phenoxy) is 1. The Kier molecular flexibility index (Phi) is 5.28. The molecule has 0 saturated heterocycles. The summed E-state index contributed by atoms with van der Waals surface area (Å²) in [7, 11) is 0. The molecule has 1 atom stereocenters. The van der Waals surface area contributed by atoms with E-state index in [0.717, 1.165) is 28.2 Å². The van der Waals surface area contributed by atoms with E-state index in [-0.39, 0.29) is 12.5 Å². The molecule has 0 saturated carbocycles. The molecule has 5 nitrogen and oxygen atoms in total. The van der Waals surface area contributed by atoms with Gasteiger partial charge in [-0.2, -0.15) is 0 Å². The van der Waals surface area contributed by atoms with Gasteiger partial charge in [-0.15, -0.1) is 11.3 Å². The Bertz CT molecular complexity index is 1120. The second-order valence-corrected chi connectivity index (χ2v) is 8.37. The Hall–Kier alpha value is -2.86. The smallest absolute Gasteiger partial charge is 0.262 e. The number of nitrogens with zero attached hydrogens (tertiary/aromatic N) is 2. The van der Waals surface area contributed by atoms with Crippen molar-refractivity contribution >= 4 is 28.6 Å². The molecule has 1 N–H and O–H groups in total. The predicted molar refractivity (Wildman–Crippen MR) is 118 cm³/mol. The summed E-state index contributed by atoms with van der Waals surface area (Å²) in [6.07, 6.45) is 0.995. The fraction of sp³-hybridized carbons (Fsp3) is 0.304. The standard InChI is InChI=1S/C23H25N3O2S/c1-5-16(4)26-20(17-6-7-21-19(11-17)25-22(27)12-28-21)13-29-23(26)24-18-9-14(2)8-15(3)10-18/h6-11,13,16H,5,12H2,1-4H3,(H,25,27). The lowest BCUT2D eigenvalue weighted by atomic mass is 10.1. The number of benzene rings is 2. The van der Waals surface area contributed by atoms with Gasteiger partial charge in [0.25, 0.3) is 5.91 Å². The topological polar surface area (TPSA) is 55.6 Å². The molecule has 0 radical (unpaired) electrons. The Morgan fingerprint density at radius 1 is 1.21 bits per heavy atom. The number of carbonyl (C=O) groups excluding carboxylic acids is 1. The number of anilines is 1. The van der Waals surface area contributed by atoms with Crippen LogP contribution in [0.4, 0.5) is 11.4 Å². The highest BCUT2D eigenvalue weighted by Gasteiger charge is 2.19. The second kappa shape index (κ2) is 7.87. The number of aromatic nitrogens is 1. The van der Waals surface area contributed by atoms with Gasteiger partial charge in [0.05, 0.1) is 17.1 Å². The van der Waals surface area contributed by atoms with Crippen molar-refractivity contribution in [2.45, 2.75) is 40.2 Å². The first-order valence-corrected chi connectivity index (χ1v) is 10.7. The highest BCUT2D eigenvalue weighted by atomic mass is 32.1. The minimum absolute atomic E-state index is 0.0661. The lowest BCUT2D eigenvalue weighted by Crippen LogP contribution is -2.25. The SMILES string of the molecule is CCC(C)n1c(-c2ccc3c(c2)NC(=O)CO3)csc1=Nc1cc(C)cc(C)c1. The Labute approximate surface area is 174 Å². The van der Waals surface area contributed by atoms with Crippen LogP contribution in [0, 0.1) is 13.8 Å². The van der Waals surface area contributed by atoms with E-state index < -0.39 is 0 Å². The third-order valence-corrected chi connectivity index (χ3v) is 5.95. The number of hydrogen-bond donors (Lipinski definition) is 1. The van der Waals surface area contributed by atoms with Gasteiger partial charge in [0.2, 0.25) is 0 Å². The van der Waals surface area contributed by atoms with Crippen LogP contribution in [0.5, 0.6) is 5.75 Å². The van der Waals surface area contributed by atoms with Crippen molar-refractivity contribution in [3.8, 4) is 17.0 Å². The quantitative estimate of drug-likeness (QED) is 0.632. The van der Waals surface area contributed by atoms with Gasteiger partial charge in [-0.05, 0) is 68.7 Å². The molecule has 29 heavy (non-hydrogen) atoms. The maximum atomic E-state index is 11.7. The number of hydrogen-bond acceptors (Lipinski definition) is 4. The molecule has 3 aromatic rings. The zero-order valence-corrected chi connectivity index (χ0v) is 18.0. The Balaban J connectivity index is 1.84. The maximum Gasteiger partial charge on any atom is 0.262 e. The number of aryl methyl sites for hydroxylation is 2. The van der Waals surface area contributed by atoms with Crippen LogP contribution in [0.15, 0.2) is 46.8 Å². The highest BCUT2D eigenvalue weighted by Crippen LogP contribution is 2.34. The van der Waals surface area contributed by atoms with Crippen molar-refractivity contribution < 1.29 is 9.53 Å². The molecule has 6 heteroatoms. The molecule has 1 aliphatic rings. The normalized spacial score (nSPS) is 14.9. The molecule has 150 valence electrons. The summed E-state index contributed by atoms with van der Waals surface area (Å²) in [5.74, 6) is 0.582. The van der Waals surface area contributed by atoms with E-state index in [0.29, 0.717) is 17.5 Å². The molecule has 0 bridgehead atoms. The van der Waals surface area contributed by atoms with E-state index in [1.54, 1.807) is 11.3 Å². The summed E-state index contributed by atoms with van der Waals surface area (Å²) < 4.78 is 7.78. The predicted octanol–water partition coefficient (Wildman–Crippen LogP) is 5.37. The first-order valence-electron chi connectivity index (χ1n) is 9.84. The molecule has 1 aliphatic heterocycles. The van der Waals surface area contributed by atoms with Crippen molar-refractivity contribution in [1.82, 2.24) is 4.57 Å². The van der Waals surface area contributed by atoms with E-state index in [1.165, 1.54) is 11.1 Å². The van der Waals surface area contributed by atoms with E-state index in [2.05, 4.69) is 61.2 Å². The summed E-state index contributed by atoms with van der Waals surface area (Å²) in [6.45, 7) is 8.65. The second-order valence-electron chi connectivity index (χ2n) is 7.54. The molecule has 0 aliphatic carbocycles. The number of fused-ring (bicyclic) bond motifs is 1. The lowest BCUT2D eigenvalue weighted by Gasteiger charge is -2.20. The summed E-state index contributed by atoms with van der Waals surface area (Å²) in [5, 5.41) is 5.04. The van der Waals surface area contributed by atoms with Crippen molar-refractivity contribution in [2.24, 2.45) is 4.99 Å². The maximum absolute atomic E-state index is 11.7. The molecule has 4 rings (SSSR count). The molecule has 0 fully saturated rings. The van der Waals surface area contributed by atoms with Crippen molar-refractivity contribution in [3.05, 3.63) is 57.7 Å². The molecule has 1 aromatic heterocycles. The van der Waals surface area contributed by atoms with Gasteiger partial charge in [0.1, 0.15) is 5.75 Å². The van der Waals surface area contributed by atoms with E-state index >= 15 is 0 Å². The van der Waals surface area contributed by atoms with Crippen LogP contribution in [0.3, 0.4) is 0 Å². The van der Waals surface area contributed by atoms with Crippen molar-refractivity contribution in [1.29, 1.82) is 0 Å². The van der Waals surface area contributed by atoms with E-state index in [1.807, 2.05) is 18.2 Å². The van der Waals surface area contributed by atoms with Crippen LogP contribution in [0.2, 0.25) is 0 Å². The third-order valence-electron chi connectivity index (χ3n) is 5.11. The van der Waals surface area contributed by atoms with Crippen LogP contribution >= 0.6 is 11.3 Å². The number of amides is 1. The van der Waals surface area contributed by atoms with Crippen LogP contribution in [-0.2, 0) is 4.79 Å². The minimum atomic E-state index is -0.125. The molecular weight excluding hydrogens is 382 g/mol. The Morgan fingerprint density at radius 3 is 2.69 bits per heavy atom. The summed E-state index contributed by atoms with van der Waals surface area (Å²) in [5.41, 5.74) is 6.23. The van der Waals surface area contributed by atoms with Gasteiger partial charge in [-0.1, -0.05) is 13.0 Å². The van der Waals surface area contributed by atoms with Gasteiger partial charge < -0.3 is 14.6 Å².